The molecule has 1 N–H and O–H groups in total. The van der Waals surface area contributed by atoms with Gasteiger partial charge in [-0.25, -0.2) is 0 Å². The molecule has 0 spiro atoms. The summed E-state index contributed by atoms with van der Waals surface area (Å²) >= 11 is 5.90. The van der Waals surface area contributed by atoms with Crippen LogP contribution >= 0.6 is 11.6 Å². The standard InChI is InChI=1S/C12H15ClN2O/c1-12(2,8-16-3)15-11-6-10(13)5-4-9(11)7-14/h4-6,15H,8H2,1-3H3. The molecule has 0 aliphatic heterocycles. The molecule has 0 saturated carbocycles. The van der Waals surface area contributed by atoms with Crippen molar-refractivity contribution in [1.29, 1.82) is 5.26 Å². The zero-order chi connectivity index (χ0) is 12.2. The van der Waals surface area contributed by atoms with E-state index in [9.17, 15) is 0 Å². The maximum Gasteiger partial charge on any atom is 0.101 e. The first kappa shape index (κ1) is 12.8. The lowest BCUT2D eigenvalue weighted by Crippen LogP contribution is -2.36. The number of anilines is 1. The van der Waals surface area contributed by atoms with Crippen LogP contribution in [-0.4, -0.2) is 19.3 Å². The highest BCUT2D eigenvalue weighted by atomic mass is 35.5. The molecule has 0 fully saturated rings. The van der Waals surface area contributed by atoms with Crippen molar-refractivity contribution >= 4 is 17.3 Å². The first-order valence-electron chi connectivity index (χ1n) is 4.95. The lowest BCUT2D eigenvalue weighted by atomic mass is 10.1. The van der Waals surface area contributed by atoms with Crippen molar-refractivity contribution in [2.45, 2.75) is 19.4 Å². The van der Waals surface area contributed by atoms with Gasteiger partial charge in [0.25, 0.3) is 0 Å². The van der Waals surface area contributed by atoms with E-state index >= 15 is 0 Å². The number of hydrogen-bond acceptors (Lipinski definition) is 3. The molecule has 1 rings (SSSR count). The highest BCUT2D eigenvalue weighted by molar-refractivity contribution is 6.30. The van der Waals surface area contributed by atoms with Crippen molar-refractivity contribution < 1.29 is 4.74 Å². The molecule has 0 aliphatic rings. The van der Waals surface area contributed by atoms with Crippen LogP contribution in [0, 0.1) is 11.3 Å². The summed E-state index contributed by atoms with van der Waals surface area (Å²) in [7, 11) is 1.65. The molecular weight excluding hydrogens is 224 g/mol. The number of ether oxygens (including phenoxy) is 1. The molecule has 1 aromatic rings. The summed E-state index contributed by atoms with van der Waals surface area (Å²) in [6.07, 6.45) is 0. The molecule has 1 aromatic carbocycles. The van der Waals surface area contributed by atoms with Gasteiger partial charge >= 0.3 is 0 Å². The number of nitrogens with zero attached hydrogens (tertiary/aromatic N) is 1. The quantitative estimate of drug-likeness (QED) is 0.877. The van der Waals surface area contributed by atoms with Gasteiger partial charge in [-0.05, 0) is 32.0 Å². The van der Waals surface area contributed by atoms with Crippen LogP contribution in [0.15, 0.2) is 18.2 Å². The maximum atomic E-state index is 8.97. The Balaban J connectivity index is 2.96. The predicted octanol–water partition coefficient (Wildman–Crippen LogP) is 3.05. The van der Waals surface area contributed by atoms with Crippen LogP contribution < -0.4 is 5.32 Å². The number of benzene rings is 1. The first-order chi connectivity index (χ1) is 7.48. The third kappa shape index (κ3) is 3.41. The summed E-state index contributed by atoms with van der Waals surface area (Å²) in [5.74, 6) is 0. The summed E-state index contributed by atoms with van der Waals surface area (Å²) < 4.78 is 5.10. The monoisotopic (exact) mass is 238 g/mol. The zero-order valence-corrected chi connectivity index (χ0v) is 10.4. The van der Waals surface area contributed by atoms with Crippen LogP contribution in [0.5, 0.6) is 0 Å². The van der Waals surface area contributed by atoms with E-state index < -0.39 is 0 Å². The van der Waals surface area contributed by atoms with Gasteiger partial charge in [-0.1, -0.05) is 11.6 Å². The summed E-state index contributed by atoms with van der Waals surface area (Å²) in [6, 6.07) is 7.28. The Morgan fingerprint density at radius 1 is 1.50 bits per heavy atom. The van der Waals surface area contributed by atoms with Crippen LogP contribution in [-0.2, 0) is 4.74 Å². The van der Waals surface area contributed by atoms with E-state index in [-0.39, 0.29) is 5.54 Å². The number of methoxy groups -OCH3 is 1. The average molecular weight is 239 g/mol. The third-order valence-corrected chi connectivity index (χ3v) is 2.32. The third-order valence-electron chi connectivity index (χ3n) is 2.08. The summed E-state index contributed by atoms with van der Waals surface area (Å²) in [5, 5.41) is 12.8. The van der Waals surface area contributed by atoms with E-state index in [0.29, 0.717) is 17.2 Å². The molecule has 0 bridgehead atoms. The van der Waals surface area contributed by atoms with Crippen molar-refractivity contribution in [2.75, 3.05) is 19.0 Å². The number of nitriles is 1. The van der Waals surface area contributed by atoms with Crippen LogP contribution in [0.4, 0.5) is 5.69 Å². The van der Waals surface area contributed by atoms with E-state index in [0.717, 1.165) is 5.69 Å². The first-order valence-corrected chi connectivity index (χ1v) is 5.33. The van der Waals surface area contributed by atoms with Crippen molar-refractivity contribution in [1.82, 2.24) is 0 Å². The average Bonchev–Trinajstić information content (AvgIpc) is 2.17. The molecule has 0 aliphatic carbocycles. The fourth-order valence-corrected chi connectivity index (χ4v) is 1.65. The molecule has 16 heavy (non-hydrogen) atoms. The van der Waals surface area contributed by atoms with E-state index in [4.69, 9.17) is 21.6 Å². The van der Waals surface area contributed by atoms with E-state index in [1.54, 1.807) is 25.3 Å². The summed E-state index contributed by atoms with van der Waals surface area (Å²) in [6.45, 7) is 4.54. The second kappa shape index (κ2) is 5.20. The van der Waals surface area contributed by atoms with Crippen molar-refractivity contribution in [3.05, 3.63) is 28.8 Å². The highest BCUT2D eigenvalue weighted by Gasteiger charge is 2.18. The van der Waals surface area contributed by atoms with Crippen molar-refractivity contribution in [3.63, 3.8) is 0 Å². The Morgan fingerprint density at radius 3 is 2.75 bits per heavy atom. The normalized spacial score (nSPS) is 10.9. The summed E-state index contributed by atoms with van der Waals surface area (Å²) in [5.41, 5.74) is 1.07. The molecule has 0 amide bonds. The zero-order valence-electron chi connectivity index (χ0n) is 9.67. The molecular formula is C12H15ClN2O. The molecule has 0 radical (unpaired) electrons. The lowest BCUT2D eigenvalue weighted by Gasteiger charge is -2.27. The number of hydrogen-bond donors (Lipinski definition) is 1. The molecule has 0 heterocycles. The minimum atomic E-state index is -0.245. The van der Waals surface area contributed by atoms with Crippen LogP contribution in [0.3, 0.4) is 0 Å². The van der Waals surface area contributed by atoms with Gasteiger partial charge in [0.15, 0.2) is 0 Å². The van der Waals surface area contributed by atoms with Gasteiger partial charge in [0.1, 0.15) is 6.07 Å². The van der Waals surface area contributed by atoms with Crippen molar-refractivity contribution in [3.8, 4) is 6.07 Å². The van der Waals surface area contributed by atoms with Gasteiger partial charge in [-0.3, -0.25) is 0 Å². The smallest absolute Gasteiger partial charge is 0.101 e. The largest absolute Gasteiger partial charge is 0.382 e. The van der Waals surface area contributed by atoms with E-state index in [1.807, 2.05) is 13.8 Å². The van der Waals surface area contributed by atoms with Crippen LogP contribution in [0.2, 0.25) is 5.02 Å². The fraction of sp³-hybridized carbons (Fsp3) is 0.417. The van der Waals surface area contributed by atoms with Crippen LogP contribution in [0.25, 0.3) is 0 Å². The number of halogens is 1. The molecule has 0 saturated heterocycles. The number of nitrogens with one attached hydrogen (secondary N) is 1. The Kier molecular flexibility index (Phi) is 4.17. The van der Waals surface area contributed by atoms with E-state index in [1.165, 1.54) is 0 Å². The Bertz CT molecular complexity index is 410. The van der Waals surface area contributed by atoms with Gasteiger partial charge in [0.2, 0.25) is 0 Å². The minimum Gasteiger partial charge on any atom is -0.382 e. The van der Waals surface area contributed by atoms with Crippen molar-refractivity contribution in [2.24, 2.45) is 0 Å². The molecule has 0 unspecified atom stereocenters. The Hall–Kier alpha value is -1.24. The Labute approximate surface area is 101 Å². The number of rotatable bonds is 4. The van der Waals surface area contributed by atoms with Gasteiger partial charge in [-0.2, -0.15) is 5.26 Å². The van der Waals surface area contributed by atoms with Gasteiger partial charge < -0.3 is 10.1 Å². The second-order valence-corrected chi connectivity index (χ2v) is 4.68. The maximum absolute atomic E-state index is 8.97. The van der Waals surface area contributed by atoms with Gasteiger partial charge in [0.05, 0.1) is 23.4 Å². The Morgan fingerprint density at radius 2 is 2.19 bits per heavy atom. The molecule has 0 aromatic heterocycles. The molecule has 3 nitrogen and oxygen atoms in total. The van der Waals surface area contributed by atoms with Crippen LogP contribution in [0.1, 0.15) is 19.4 Å². The predicted molar refractivity (Wildman–Crippen MR) is 65.7 cm³/mol. The minimum absolute atomic E-state index is 0.245. The molecule has 0 atom stereocenters. The van der Waals surface area contributed by atoms with E-state index in [2.05, 4.69) is 11.4 Å². The molecule has 4 heteroatoms. The lowest BCUT2D eigenvalue weighted by molar-refractivity contribution is 0.158. The topological polar surface area (TPSA) is 45.0 Å². The second-order valence-electron chi connectivity index (χ2n) is 4.24. The highest BCUT2D eigenvalue weighted by Crippen LogP contribution is 2.23. The van der Waals surface area contributed by atoms with Gasteiger partial charge in [0, 0.05) is 12.1 Å². The van der Waals surface area contributed by atoms with Gasteiger partial charge in [-0.15, -0.1) is 0 Å². The fourth-order valence-electron chi connectivity index (χ4n) is 1.48. The SMILES string of the molecule is COCC(C)(C)Nc1cc(Cl)ccc1C#N. The molecule has 86 valence electrons. The summed E-state index contributed by atoms with van der Waals surface area (Å²) in [4.78, 5) is 0.